The molecular formula is C25H47P5. The second-order valence-corrected chi connectivity index (χ2v) is 32.0. The Bertz CT molecular complexity index is 771. The highest BCUT2D eigenvalue weighted by Gasteiger charge is 2.69. The van der Waals surface area contributed by atoms with Crippen LogP contribution in [0, 0.1) is 27.1 Å². The fourth-order valence-electron chi connectivity index (χ4n) is 4.97. The van der Waals surface area contributed by atoms with E-state index in [-0.39, 0.29) is 29.8 Å². The van der Waals surface area contributed by atoms with Crippen LogP contribution in [0.3, 0.4) is 0 Å². The van der Waals surface area contributed by atoms with Crippen molar-refractivity contribution < 1.29 is 0 Å². The molecule has 3 heterocycles. The second kappa shape index (κ2) is 7.56. The maximum Gasteiger partial charge on any atom is 0.0349 e. The molecule has 2 bridgehead atoms. The van der Waals surface area contributed by atoms with E-state index in [1.807, 2.05) is 15.7 Å². The summed E-state index contributed by atoms with van der Waals surface area (Å²) in [5.41, 5.74) is 1.86. The predicted octanol–water partition coefficient (Wildman–Crippen LogP) is 11.9. The molecule has 1 fully saturated rings. The van der Waals surface area contributed by atoms with Gasteiger partial charge in [0, 0.05) is 10.8 Å². The van der Waals surface area contributed by atoms with Crippen LogP contribution in [0.1, 0.15) is 104 Å². The Kier molecular flexibility index (Phi) is 6.61. The quantitative estimate of drug-likeness (QED) is 0.289. The summed E-state index contributed by atoms with van der Waals surface area (Å²) in [6, 6.07) is 0. The van der Waals surface area contributed by atoms with Gasteiger partial charge in [-0.05, 0) is 72.6 Å². The summed E-state index contributed by atoms with van der Waals surface area (Å²) in [7, 11) is 1.87. The third kappa shape index (κ3) is 4.25. The van der Waals surface area contributed by atoms with Crippen molar-refractivity contribution in [3.8, 4) is 0 Å². The molecule has 0 spiro atoms. The lowest BCUT2D eigenvalue weighted by molar-refractivity contribution is 0.452. The summed E-state index contributed by atoms with van der Waals surface area (Å²) in [5.74, 6) is 0. The van der Waals surface area contributed by atoms with Gasteiger partial charge in [0.2, 0.25) is 0 Å². The average Bonchev–Trinajstić information content (AvgIpc) is 3.08. The molecule has 1 saturated heterocycles. The van der Waals surface area contributed by atoms with Gasteiger partial charge in [0.1, 0.15) is 0 Å². The van der Waals surface area contributed by atoms with Crippen LogP contribution in [-0.2, 0) is 0 Å². The molecule has 0 saturated carbocycles. The molecule has 0 radical (unpaired) electrons. The van der Waals surface area contributed by atoms with E-state index in [0.29, 0.717) is 27.1 Å². The zero-order valence-corrected chi connectivity index (χ0v) is 26.9. The van der Waals surface area contributed by atoms with Crippen molar-refractivity contribution in [1.82, 2.24) is 0 Å². The van der Waals surface area contributed by atoms with Crippen molar-refractivity contribution in [1.29, 1.82) is 0 Å². The molecule has 0 aromatic carbocycles. The largest absolute Gasteiger partial charge is 0.0897 e. The highest BCUT2D eigenvalue weighted by molar-refractivity contribution is 8.89. The van der Waals surface area contributed by atoms with Crippen LogP contribution < -0.4 is 0 Å². The number of hydrogen-bond acceptors (Lipinski definition) is 0. The maximum absolute atomic E-state index is 2.59. The Hall–Kier alpha value is 1.63. The molecule has 6 atom stereocenters. The van der Waals surface area contributed by atoms with E-state index in [4.69, 9.17) is 0 Å². The number of allylic oxidation sites excluding steroid dienone is 2. The van der Waals surface area contributed by atoms with Crippen molar-refractivity contribution in [3.05, 3.63) is 10.6 Å². The van der Waals surface area contributed by atoms with Crippen molar-refractivity contribution in [3.63, 3.8) is 0 Å². The van der Waals surface area contributed by atoms with Crippen LogP contribution >= 0.6 is 38.0 Å². The molecule has 0 aromatic heterocycles. The van der Waals surface area contributed by atoms with Crippen molar-refractivity contribution >= 4 is 43.1 Å². The third-order valence-electron chi connectivity index (χ3n) is 6.06. The normalized spacial score (nSPS) is 35.8. The van der Waals surface area contributed by atoms with Gasteiger partial charge in [-0.25, -0.2) is 0 Å². The van der Waals surface area contributed by atoms with Crippen LogP contribution in [0.4, 0.5) is 0 Å². The van der Waals surface area contributed by atoms with Crippen molar-refractivity contribution in [2.45, 2.75) is 115 Å². The van der Waals surface area contributed by atoms with Crippen LogP contribution in [0.2, 0.25) is 0 Å². The Balaban J connectivity index is 2.36. The minimum atomic E-state index is -0.0351. The molecule has 0 nitrogen and oxygen atoms in total. The zero-order valence-electron chi connectivity index (χ0n) is 22.4. The van der Waals surface area contributed by atoms with E-state index in [1.54, 1.807) is 8.20 Å². The monoisotopic (exact) mass is 502 g/mol. The zero-order chi connectivity index (χ0) is 23.4. The first kappa shape index (κ1) is 26.2. The average molecular weight is 503 g/mol. The molecule has 3 rings (SSSR count). The molecule has 3 aliphatic rings. The molecule has 5 heteroatoms. The van der Waals surface area contributed by atoms with E-state index >= 15 is 0 Å². The van der Waals surface area contributed by atoms with Crippen molar-refractivity contribution in [2.75, 3.05) is 0 Å². The van der Waals surface area contributed by atoms with Crippen LogP contribution in [-0.4, -0.2) is 15.8 Å². The molecule has 0 aliphatic carbocycles. The highest BCUT2D eigenvalue weighted by atomic mass is 32.7. The van der Waals surface area contributed by atoms with E-state index in [0.717, 1.165) is 10.8 Å². The lowest BCUT2D eigenvalue weighted by atomic mass is 9.88. The smallest absolute Gasteiger partial charge is 0.0349 e. The SMILES string of the molecule is CC(C)(C)C1=PC(C(C)(C)C)P2P3C(C(C)(C)C)=C(C(C)(C)C)P([C@@H]3C(C)(C)C)P12. The molecule has 172 valence electrons. The first-order chi connectivity index (χ1) is 13.1. The van der Waals surface area contributed by atoms with E-state index < -0.39 is 0 Å². The molecule has 0 aromatic rings. The van der Waals surface area contributed by atoms with Gasteiger partial charge in [-0.1, -0.05) is 112 Å². The molecule has 3 aliphatic heterocycles. The lowest BCUT2D eigenvalue weighted by Gasteiger charge is -2.45. The lowest BCUT2D eigenvalue weighted by Crippen LogP contribution is -2.22. The molecule has 0 N–H and O–H groups in total. The summed E-state index contributed by atoms with van der Waals surface area (Å²) < 4.78 is 0. The van der Waals surface area contributed by atoms with E-state index in [9.17, 15) is 0 Å². The standard InChI is InChI=1S/C25H47P5/c1-21(2,3)16-17(22(4,5)6)28-20(25(13,14)15)27(16)29-18(23(7,8)9)26-19(30(28)29)24(10,11)12/h18,20H,1-15H3/t18?,20-,27?,28?,29?,30?/m1/s1. The first-order valence-electron chi connectivity index (χ1n) is 11.6. The van der Waals surface area contributed by atoms with Gasteiger partial charge in [0.25, 0.3) is 0 Å². The number of fused-ring (bicyclic) bond motifs is 5. The predicted molar refractivity (Wildman–Crippen MR) is 151 cm³/mol. The summed E-state index contributed by atoms with van der Waals surface area (Å²) in [5, 5.41) is 7.84. The Labute approximate surface area is 195 Å². The molecule has 30 heavy (non-hydrogen) atoms. The van der Waals surface area contributed by atoms with Gasteiger partial charge in [0.15, 0.2) is 0 Å². The molecule has 5 unspecified atom stereocenters. The maximum atomic E-state index is 2.59. The third-order valence-corrected chi connectivity index (χ3v) is 40.3. The van der Waals surface area contributed by atoms with E-state index in [1.165, 1.54) is 0 Å². The Morgan fingerprint density at radius 3 is 1.33 bits per heavy atom. The van der Waals surface area contributed by atoms with E-state index in [2.05, 4.69) is 104 Å². The first-order valence-corrected chi connectivity index (χ1v) is 20.3. The fourth-order valence-corrected chi connectivity index (χ4v) is 58.8. The summed E-state index contributed by atoms with van der Waals surface area (Å²) in [6.45, 7) is 38.3. The summed E-state index contributed by atoms with van der Waals surface area (Å²) in [6.07, 6.45) is 0. The fraction of sp³-hybridized carbons (Fsp3) is 0.880. The summed E-state index contributed by atoms with van der Waals surface area (Å²) in [4.78, 5) is 0. The van der Waals surface area contributed by atoms with Crippen LogP contribution in [0.15, 0.2) is 10.6 Å². The Morgan fingerprint density at radius 2 is 1.00 bits per heavy atom. The van der Waals surface area contributed by atoms with Gasteiger partial charge in [-0.15, -0.1) is 0 Å². The minimum absolute atomic E-state index is 0.0189. The Morgan fingerprint density at radius 1 is 0.567 bits per heavy atom. The van der Waals surface area contributed by atoms with Crippen LogP contribution in [0.25, 0.3) is 0 Å². The number of hydrogen-bond donors (Lipinski definition) is 0. The minimum Gasteiger partial charge on any atom is -0.0897 e. The van der Waals surface area contributed by atoms with Gasteiger partial charge >= 0.3 is 0 Å². The second-order valence-electron chi connectivity index (χ2n) is 14.7. The van der Waals surface area contributed by atoms with Gasteiger partial charge in [-0.2, -0.15) is 0 Å². The van der Waals surface area contributed by atoms with Gasteiger partial charge in [0.05, 0.1) is 0 Å². The molecular weight excluding hydrogens is 455 g/mol. The summed E-state index contributed by atoms with van der Waals surface area (Å²) >= 11 is 0. The van der Waals surface area contributed by atoms with Gasteiger partial charge in [-0.3, -0.25) is 0 Å². The van der Waals surface area contributed by atoms with Crippen LogP contribution in [0.5, 0.6) is 0 Å². The molecule has 0 amide bonds. The van der Waals surface area contributed by atoms with Gasteiger partial charge < -0.3 is 0 Å². The highest BCUT2D eigenvalue weighted by Crippen LogP contribution is 3.20. The number of rotatable bonds is 0. The topological polar surface area (TPSA) is 0 Å². The van der Waals surface area contributed by atoms with Crippen molar-refractivity contribution in [2.24, 2.45) is 27.1 Å².